The number of hydrogen-bond acceptors (Lipinski definition) is 7. The zero-order chi connectivity index (χ0) is 25.5. The van der Waals surface area contributed by atoms with Crippen molar-refractivity contribution in [2.24, 2.45) is 0 Å². The first-order valence-corrected chi connectivity index (χ1v) is 13.8. The van der Waals surface area contributed by atoms with E-state index in [4.69, 9.17) is 18.7 Å². The molecule has 0 aromatic heterocycles. The first-order valence-electron chi connectivity index (χ1n) is 10.8. The monoisotopic (exact) mass is 514 g/mol. The van der Waals surface area contributed by atoms with Gasteiger partial charge in [0.05, 0.1) is 11.9 Å². The molecule has 0 amide bonds. The fraction of sp³-hybridized carbons (Fsp3) is 0.478. The molecule has 0 spiro atoms. The van der Waals surface area contributed by atoms with E-state index in [2.05, 4.69) is 4.72 Å². The molecule has 34 heavy (non-hydrogen) atoms. The van der Waals surface area contributed by atoms with E-state index in [0.717, 1.165) is 28.5 Å². The molecule has 188 valence electrons. The van der Waals surface area contributed by atoms with Crippen LogP contribution in [0.25, 0.3) is 0 Å². The lowest BCUT2D eigenvalue weighted by molar-refractivity contribution is -0.119. The molecule has 9 nitrogen and oxygen atoms in total. The number of methoxy groups -OCH3 is 1. The van der Waals surface area contributed by atoms with Gasteiger partial charge in [-0.15, -0.1) is 4.89 Å². The molecule has 0 aliphatic carbocycles. The second kappa shape index (κ2) is 12.0. The van der Waals surface area contributed by atoms with E-state index in [1.165, 1.54) is 7.11 Å². The molecule has 0 bridgehead atoms. The summed E-state index contributed by atoms with van der Waals surface area (Å²) in [4.78, 5) is 9.25. The predicted octanol–water partition coefficient (Wildman–Crippen LogP) is 4.81. The Hall–Kier alpha value is -2.23. The highest BCUT2D eigenvalue weighted by molar-refractivity contribution is 7.92. The van der Waals surface area contributed by atoms with Crippen LogP contribution in [0.1, 0.15) is 48.9 Å². The largest absolute Gasteiger partial charge is 0.698 e. The van der Waals surface area contributed by atoms with Crippen LogP contribution in [0.4, 0.5) is 5.69 Å². The number of rotatable bonds is 13. The molecule has 0 heterocycles. The fourth-order valence-electron chi connectivity index (χ4n) is 3.61. The summed E-state index contributed by atoms with van der Waals surface area (Å²) in [6.45, 7) is 7.56. The topological polar surface area (TPSA) is 120 Å². The van der Waals surface area contributed by atoms with Crippen LogP contribution in [0.3, 0.4) is 0 Å². The molecule has 2 N–H and O–H groups in total. The number of anilines is 1. The van der Waals surface area contributed by atoms with Crippen LogP contribution in [0.15, 0.2) is 30.3 Å². The molecule has 1 atom stereocenters. The van der Waals surface area contributed by atoms with Crippen molar-refractivity contribution >= 4 is 24.0 Å². The van der Waals surface area contributed by atoms with E-state index in [9.17, 15) is 17.9 Å². The van der Waals surface area contributed by atoms with Crippen LogP contribution in [0.2, 0.25) is 0 Å². The van der Waals surface area contributed by atoms with Gasteiger partial charge >= 0.3 is 8.25 Å². The Morgan fingerprint density at radius 2 is 1.71 bits per heavy atom. The smallest absolute Gasteiger partial charge is 0.465 e. The molecule has 2 rings (SSSR count). The molecule has 0 fully saturated rings. The highest BCUT2D eigenvalue weighted by atomic mass is 32.2. The fourth-order valence-corrected chi connectivity index (χ4v) is 4.75. The molecule has 2 aromatic carbocycles. The first-order chi connectivity index (χ1) is 15.9. The van der Waals surface area contributed by atoms with Crippen molar-refractivity contribution in [3.05, 3.63) is 52.6 Å². The van der Waals surface area contributed by atoms with Gasteiger partial charge in [-0.25, -0.2) is 8.42 Å². The Morgan fingerprint density at radius 1 is 1.09 bits per heavy atom. The van der Waals surface area contributed by atoms with E-state index < -0.39 is 24.1 Å². The first kappa shape index (κ1) is 28.0. The number of sulfonamides is 1. The summed E-state index contributed by atoms with van der Waals surface area (Å²) in [5, 5.41) is 0. The Bertz CT molecular complexity index is 1090. The average molecular weight is 515 g/mol. The number of ether oxygens (including phenoxy) is 3. The Labute approximate surface area is 202 Å². The van der Waals surface area contributed by atoms with E-state index in [1.807, 2.05) is 45.9 Å². The summed E-state index contributed by atoms with van der Waals surface area (Å²) in [5.41, 5.74) is 4.19. The number of hydrogen-bond donors (Lipinski definition) is 2. The molecule has 1 unspecified atom stereocenters. The Balaban J connectivity index is 2.35. The van der Waals surface area contributed by atoms with Crippen LogP contribution in [0, 0.1) is 13.8 Å². The van der Waals surface area contributed by atoms with Crippen molar-refractivity contribution in [3.8, 4) is 11.5 Å². The van der Waals surface area contributed by atoms with Gasteiger partial charge in [0.15, 0.2) is 6.79 Å². The third-order valence-electron chi connectivity index (χ3n) is 5.35. The van der Waals surface area contributed by atoms with Crippen LogP contribution in [0.5, 0.6) is 11.5 Å². The van der Waals surface area contributed by atoms with Crippen molar-refractivity contribution in [2.75, 3.05) is 24.9 Å². The minimum atomic E-state index is -3.51. The van der Waals surface area contributed by atoms with Crippen molar-refractivity contribution < 1.29 is 36.6 Å². The second-order valence-electron chi connectivity index (χ2n) is 8.02. The number of nitrogens with one attached hydrogen (secondary N) is 1. The molecular formula is C23H33NO8PS+. The van der Waals surface area contributed by atoms with E-state index in [-0.39, 0.29) is 6.79 Å². The second-order valence-corrected chi connectivity index (χ2v) is 10.4. The van der Waals surface area contributed by atoms with Gasteiger partial charge in [-0.05, 0) is 66.8 Å². The van der Waals surface area contributed by atoms with Crippen molar-refractivity contribution in [1.29, 1.82) is 0 Å². The SMILES string of the molecule is CCC(CC)(Oc1cc(C)c(Cc2ccc(OCOC)c(NS(C)(=O)=O)c2)c(C)c1)O[P+](=O)O. The molecule has 0 saturated carbocycles. The van der Waals surface area contributed by atoms with Gasteiger partial charge in [0.2, 0.25) is 10.0 Å². The zero-order valence-electron chi connectivity index (χ0n) is 20.4. The van der Waals surface area contributed by atoms with Crippen LogP contribution >= 0.6 is 8.25 Å². The van der Waals surface area contributed by atoms with Crippen molar-refractivity contribution in [3.63, 3.8) is 0 Å². The molecule has 0 saturated heterocycles. The number of benzene rings is 2. The third-order valence-corrected chi connectivity index (χ3v) is 6.43. The van der Waals surface area contributed by atoms with E-state index in [1.54, 1.807) is 12.1 Å². The van der Waals surface area contributed by atoms with Crippen LogP contribution in [-0.4, -0.2) is 39.3 Å². The highest BCUT2D eigenvalue weighted by Crippen LogP contribution is 2.36. The maximum Gasteiger partial charge on any atom is 0.698 e. The maximum absolute atomic E-state index is 11.8. The molecule has 0 aliphatic rings. The van der Waals surface area contributed by atoms with Gasteiger partial charge in [0.1, 0.15) is 11.5 Å². The van der Waals surface area contributed by atoms with Gasteiger partial charge in [0, 0.05) is 24.5 Å². The van der Waals surface area contributed by atoms with Gasteiger partial charge in [-0.2, -0.15) is 0 Å². The minimum Gasteiger partial charge on any atom is -0.465 e. The highest BCUT2D eigenvalue weighted by Gasteiger charge is 2.40. The lowest BCUT2D eigenvalue weighted by Crippen LogP contribution is -2.36. The Morgan fingerprint density at radius 3 is 2.21 bits per heavy atom. The summed E-state index contributed by atoms with van der Waals surface area (Å²) in [7, 11) is -4.83. The molecule has 2 aromatic rings. The lowest BCUT2D eigenvalue weighted by atomic mass is 9.95. The van der Waals surface area contributed by atoms with Crippen LogP contribution < -0.4 is 14.2 Å². The molecule has 0 aliphatic heterocycles. The zero-order valence-corrected chi connectivity index (χ0v) is 22.1. The van der Waals surface area contributed by atoms with Gasteiger partial charge < -0.3 is 14.2 Å². The molecular weight excluding hydrogens is 481 g/mol. The standard InChI is InChI=1S/C23H32NO8PS/c1-7-23(8-2,32-33(25)26)31-19-11-16(3)20(17(4)12-19)13-18-9-10-22(30-15-29-5)21(14-18)24-34(6,27)28/h9-12,14,24H,7-8,13,15H2,1-6H3/p+1. The maximum atomic E-state index is 11.8. The summed E-state index contributed by atoms with van der Waals surface area (Å²) < 4.78 is 59.1. The van der Waals surface area contributed by atoms with Gasteiger partial charge in [0.25, 0.3) is 5.79 Å². The minimum absolute atomic E-state index is 0.0112. The van der Waals surface area contributed by atoms with Gasteiger partial charge in [-0.3, -0.25) is 4.72 Å². The third kappa shape index (κ3) is 7.92. The lowest BCUT2D eigenvalue weighted by Gasteiger charge is -2.27. The quantitative estimate of drug-likeness (QED) is 0.289. The normalized spacial score (nSPS) is 12.4. The van der Waals surface area contributed by atoms with Crippen molar-refractivity contribution in [2.45, 2.75) is 52.7 Å². The van der Waals surface area contributed by atoms with Gasteiger partial charge in [-0.1, -0.05) is 24.4 Å². The summed E-state index contributed by atoms with van der Waals surface area (Å²) in [6.07, 6.45) is 2.43. The molecule has 11 heteroatoms. The summed E-state index contributed by atoms with van der Waals surface area (Å²) in [5.74, 6) is -0.278. The van der Waals surface area contributed by atoms with Crippen LogP contribution in [-0.2, 0) is 30.3 Å². The Kier molecular flexibility index (Phi) is 9.84. The van der Waals surface area contributed by atoms with E-state index in [0.29, 0.717) is 36.4 Å². The predicted molar refractivity (Wildman–Crippen MR) is 131 cm³/mol. The average Bonchev–Trinajstić information content (AvgIpc) is 2.73. The summed E-state index contributed by atoms with van der Waals surface area (Å²) in [6, 6.07) is 9.03. The number of aryl methyl sites for hydroxylation is 2. The van der Waals surface area contributed by atoms with Crippen molar-refractivity contribution in [1.82, 2.24) is 0 Å². The van der Waals surface area contributed by atoms with E-state index >= 15 is 0 Å². The summed E-state index contributed by atoms with van der Waals surface area (Å²) >= 11 is 0. The molecule has 0 radical (unpaired) electrons.